The van der Waals surface area contributed by atoms with E-state index in [0.717, 1.165) is 37.5 Å². The number of hydrogen-bond acceptors (Lipinski definition) is 2. The van der Waals surface area contributed by atoms with Crippen molar-refractivity contribution in [2.24, 2.45) is 4.99 Å². The fourth-order valence-corrected chi connectivity index (χ4v) is 2.78. The maximum Gasteiger partial charge on any atom is 0.191 e. The van der Waals surface area contributed by atoms with Crippen molar-refractivity contribution in [2.75, 3.05) is 26.7 Å². The van der Waals surface area contributed by atoms with Gasteiger partial charge in [-0.1, -0.05) is 26.0 Å². The molecule has 128 valence electrons. The molecule has 0 spiro atoms. The molecule has 5 heteroatoms. The van der Waals surface area contributed by atoms with Gasteiger partial charge < -0.3 is 15.4 Å². The van der Waals surface area contributed by atoms with E-state index in [-0.39, 0.29) is 16.8 Å². The summed E-state index contributed by atoms with van der Waals surface area (Å²) in [6.07, 6.45) is 2.17. The zero-order valence-corrected chi connectivity index (χ0v) is 14.6. The summed E-state index contributed by atoms with van der Waals surface area (Å²) in [5.74, 6) is 0.538. The highest BCUT2D eigenvalue weighted by molar-refractivity contribution is 5.79. The molecule has 1 atom stereocenters. The van der Waals surface area contributed by atoms with Gasteiger partial charge >= 0.3 is 0 Å². The Hall–Kier alpha value is -1.62. The van der Waals surface area contributed by atoms with Crippen molar-refractivity contribution in [3.8, 4) is 0 Å². The minimum Gasteiger partial charge on any atom is -0.373 e. The molecule has 0 aromatic heterocycles. The van der Waals surface area contributed by atoms with Crippen molar-refractivity contribution in [3.05, 3.63) is 35.6 Å². The summed E-state index contributed by atoms with van der Waals surface area (Å²) < 4.78 is 19.2. The number of aliphatic imine (C=N–C) groups is 1. The van der Waals surface area contributed by atoms with Gasteiger partial charge in [0.05, 0.1) is 5.60 Å². The minimum atomic E-state index is -0.204. The molecule has 0 saturated carbocycles. The molecule has 0 bridgehead atoms. The highest BCUT2D eigenvalue weighted by atomic mass is 19.1. The number of hydrogen-bond donors (Lipinski definition) is 2. The van der Waals surface area contributed by atoms with Crippen LogP contribution in [0.25, 0.3) is 0 Å². The largest absolute Gasteiger partial charge is 0.373 e. The summed E-state index contributed by atoms with van der Waals surface area (Å²) in [5, 5.41) is 6.66. The molecule has 4 nitrogen and oxygen atoms in total. The second-order valence-corrected chi connectivity index (χ2v) is 7.08. The monoisotopic (exact) mass is 321 g/mol. The normalized spacial score (nSPS) is 22.2. The number of nitrogens with zero attached hydrogens (tertiary/aromatic N) is 1. The molecule has 1 fully saturated rings. The van der Waals surface area contributed by atoms with Crippen LogP contribution in [0.1, 0.15) is 39.2 Å². The molecular weight excluding hydrogens is 293 g/mol. The zero-order chi connectivity index (χ0) is 16.9. The second kappa shape index (κ2) is 7.30. The molecule has 0 radical (unpaired) electrons. The van der Waals surface area contributed by atoms with Crippen LogP contribution in [0.15, 0.2) is 29.3 Å². The van der Waals surface area contributed by atoms with Crippen LogP contribution < -0.4 is 10.6 Å². The van der Waals surface area contributed by atoms with Gasteiger partial charge in [0.1, 0.15) is 5.82 Å². The van der Waals surface area contributed by atoms with Crippen molar-refractivity contribution >= 4 is 5.96 Å². The number of halogens is 1. The maximum atomic E-state index is 13.4. The van der Waals surface area contributed by atoms with Crippen LogP contribution in [-0.4, -0.2) is 38.3 Å². The first-order chi connectivity index (χ1) is 10.8. The van der Waals surface area contributed by atoms with Gasteiger partial charge in [0, 0.05) is 32.2 Å². The van der Waals surface area contributed by atoms with E-state index >= 15 is 0 Å². The van der Waals surface area contributed by atoms with Gasteiger partial charge in [0.25, 0.3) is 0 Å². The average Bonchev–Trinajstić information content (AvgIpc) is 2.94. The molecule has 1 heterocycles. The summed E-state index contributed by atoms with van der Waals surface area (Å²) in [6.45, 7) is 8.52. The zero-order valence-electron chi connectivity index (χ0n) is 14.6. The van der Waals surface area contributed by atoms with Crippen molar-refractivity contribution in [1.82, 2.24) is 10.6 Å². The van der Waals surface area contributed by atoms with Crippen LogP contribution in [0.4, 0.5) is 4.39 Å². The molecule has 23 heavy (non-hydrogen) atoms. The van der Waals surface area contributed by atoms with Gasteiger partial charge in [-0.05, 0) is 37.5 Å². The Morgan fingerprint density at radius 1 is 1.39 bits per heavy atom. The van der Waals surface area contributed by atoms with Crippen LogP contribution in [0.5, 0.6) is 0 Å². The van der Waals surface area contributed by atoms with Crippen molar-refractivity contribution in [2.45, 2.75) is 44.6 Å². The maximum absolute atomic E-state index is 13.4. The highest BCUT2D eigenvalue weighted by Gasteiger charge is 2.30. The molecule has 1 aromatic carbocycles. The molecule has 1 aliphatic heterocycles. The fourth-order valence-electron chi connectivity index (χ4n) is 2.78. The first-order valence-corrected chi connectivity index (χ1v) is 8.19. The molecule has 1 unspecified atom stereocenters. The molecule has 1 saturated heterocycles. The number of guanidine groups is 1. The fraction of sp³-hybridized carbons (Fsp3) is 0.611. The molecule has 1 aliphatic rings. The van der Waals surface area contributed by atoms with E-state index in [1.54, 1.807) is 19.2 Å². The Labute approximate surface area is 138 Å². The molecule has 2 rings (SSSR count). The van der Waals surface area contributed by atoms with E-state index in [2.05, 4.69) is 36.4 Å². The summed E-state index contributed by atoms with van der Waals surface area (Å²) in [5.41, 5.74) is 0.648. The lowest BCUT2D eigenvalue weighted by Crippen LogP contribution is -2.48. The molecular formula is C18H28FN3O. The van der Waals surface area contributed by atoms with Crippen LogP contribution in [0.2, 0.25) is 0 Å². The lowest BCUT2D eigenvalue weighted by molar-refractivity contribution is 0.0242. The number of ether oxygens (including phenoxy) is 1. The van der Waals surface area contributed by atoms with Crippen molar-refractivity contribution < 1.29 is 9.13 Å². The van der Waals surface area contributed by atoms with Crippen LogP contribution in [0.3, 0.4) is 0 Å². The first-order valence-electron chi connectivity index (χ1n) is 8.19. The predicted octanol–water partition coefficient (Wildman–Crippen LogP) is 2.84. The van der Waals surface area contributed by atoms with Gasteiger partial charge in [0.15, 0.2) is 5.96 Å². The number of benzene rings is 1. The lowest BCUT2D eigenvalue weighted by atomic mass is 9.84. The lowest BCUT2D eigenvalue weighted by Gasteiger charge is -2.28. The van der Waals surface area contributed by atoms with E-state index in [4.69, 9.17) is 4.74 Å². The van der Waals surface area contributed by atoms with Gasteiger partial charge in [0.2, 0.25) is 0 Å². The molecule has 0 amide bonds. The summed E-state index contributed by atoms with van der Waals surface area (Å²) in [4.78, 5) is 4.26. The van der Waals surface area contributed by atoms with E-state index in [1.807, 2.05) is 6.07 Å². The topological polar surface area (TPSA) is 45.7 Å². The van der Waals surface area contributed by atoms with Crippen molar-refractivity contribution in [1.29, 1.82) is 0 Å². The average molecular weight is 321 g/mol. The quantitative estimate of drug-likeness (QED) is 0.647. The minimum absolute atomic E-state index is 0.115. The van der Waals surface area contributed by atoms with Gasteiger partial charge in [-0.3, -0.25) is 4.99 Å². The Kier molecular flexibility index (Phi) is 5.63. The Bertz CT molecular complexity index is 551. The summed E-state index contributed by atoms with van der Waals surface area (Å²) in [6, 6.07) is 6.76. The predicted molar refractivity (Wildman–Crippen MR) is 92.4 cm³/mol. The smallest absolute Gasteiger partial charge is 0.191 e. The van der Waals surface area contributed by atoms with Gasteiger partial charge in [-0.15, -0.1) is 0 Å². The van der Waals surface area contributed by atoms with E-state index in [1.165, 1.54) is 6.07 Å². The summed E-state index contributed by atoms with van der Waals surface area (Å²) in [7, 11) is 1.75. The Morgan fingerprint density at radius 2 is 2.17 bits per heavy atom. The molecule has 0 aliphatic carbocycles. The third kappa shape index (κ3) is 4.93. The van der Waals surface area contributed by atoms with Crippen molar-refractivity contribution in [3.63, 3.8) is 0 Å². The molecule has 1 aromatic rings. The number of rotatable bonds is 5. The first kappa shape index (κ1) is 17.7. The Balaban J connectivity index is 1.89. The van der Waals surface area contributed by atoms with Crippen LogP contribution in [-0.2, 0) is 10.2 Å². The van der Waals surface area contributed by atoms with E-state index in [9.17, 15) is 4.39 Å². The van der Waals surface area contributed by atoms with Crippen LogP contribution in [0, 0.1) is 5.82 Å². The van der Waals surface area contributed by atoms with Gasteiger partial charge in [-0.25, -0.2) is 4.39 Å². The van der Waals surface area contributed by atoms with E-state index in [0.29, 0.717) is 6.54 Å². The van der Waals surface area contributed by atoms with E-state index < -0.39 is 0 Å². The van der Waals surface area contributed by atoms with Crippen LogP contribution >= 0.6 is 0 Å². The summed E-state index contributed by atoms with van der Waals surface area (Å²) >= 11 is 0. The second-order valence-electron chi connectivity index (χ2n) is 7.08. The SMILES string of the molecule is CN=C(NCC1(C)CCCO1)NCC(C)(C)c1cccc(F)c1. The Morgan fingerprint density at radius 3 is 2.78 bits per heavy atom. The third-order valence-corrected chi connectivity index (χ3v) is 4.46. The third-order valence-electron chi connectivity index (χ3n) is 4.46. The number of nitrogens with one attached hydrogen (secondary N) is 2. The highest BCUT2D eigenvalue weighted by Crippen LogP contribution is 2.24. The van der Waals surface area contributed by atoms with Gasteiger partial charge in [-0.2, -0.15) is 0 Å². The standard InChI is InChI=1S/C18H28FN3O/c1-17(2,14-7-5-8-15(19)11-14)12-21-16(20-4)22-13-18(3)9-6-10-23-18/h5,7-8,11H,6,9-10,12-13H2,1-4H3,(H2,20,21,22). The molecule has 2 N–H and O–H groups in total.